The summed E-state index contributed by atoms with van der Waals surface area (Å²) in [6.45, 7) is 10.6. The number of thioether (sulfide) groups is 1. The van der Waals surface area contributed by atoms with Crippen LogP contribution in [0.4, 0.5) is 0 Å². The number of thiophene rings is 1. The number of hydrogen-bond acceptors (Lipinski definition) is 7. The Labute approximate surface area is 199 Å². The molecule has 1 N–H and O–H groups in total. The molecule has 1 aliphatic carbocycles. The molecule has 2 aromatic rings. The van der Waals surface area contributed by atoms with Crippen LogP contribution in [0.3, 0.4) is 0 Å². The quantitative estimate of drug-likeness (QED) is 0.588. The Bertz CT molecular complexity index is 933. The Hall–Kier alpha value is -1.42. The lowest BCUT2D eigenvalue weighted by molar-refractivity contribution is -0.119. The van der Waals surface area contributed by atoms with E-state index in [-0.39, 0.29) is 11.4 Å². The molecule has 7 nitrogen and oxygen atoms in total. The molecule has 1 unspecified atom stereocenters. The van der Waals surface area contributed by atoms with Crippen molar-refractivity contribution in [3.05, 3.63) is 16.5 Å². The maximum atomic E-state index is 12.5. The molecule has 1 amide bonds. The average Bonchev–Trinajstić information content (AvgIpc) is 3.39. The number of carbonyl (C=O) groups is 1. The van der Waals surface area contributed by atoms with E-state index in [1.165, 1.54) is 52.8 Å². The van der Waals surface area contributed by atoms with Gasteiger partial charge in [-0.2, -0.15) is 0 Å². The third-order valence-corrected chi connectivity index (χ3v) is 8.99. The molecule has 2 aromatic heterocycles. The highest BCUT2D eigenvalue weighted by atomic mass is 32.2. The van der Waals surface area contributed by atoms with E-state index in [0.29, 0.717) is 12.3 Å². The van der Waals surface area contributed by atoms with Crippen molar-refractivity contribution >= 4 is 29.0 Å². The predicted molar refractivity (Wildman–Crippen MR) is 130 cm³/mol. The third kappa shape index (κ3) is 5.38. The lowest BCUT2D eigenvalue weighted by atomic mass is 9.87. The summed E-state index contributed by atoms with van der Waals surface area (Å²) < 4.78 is 7.46. The number of fused-ring (bicyclic) bond motifs is 1. The number of ether oxygens (including phenoxy) is 1. The van der Waals surface area contributed by atoms with Gasteiger partial charge in [0.2, 0.25) is 5.91 Å². The maximum absolute atomic E-state index is 12.5. The van der Waals surface area contributed by atoms with Gasteiger partial charge in [0.05, 0.1) is 23.8 Å². The molecule has 176 valence electrons. The van der Waals surface area contributed by atoms with Crippen LogP contribution in [-0.4, -0.2) is 69.7 Å². The fourth-order valence-electron chi connectivity index (χ4n) is 4.49. The number of aromatic nitrogens is 3. The number of nitrogens with one attached hydrogen (secondary N) is 1. The monoisotopic (exact) mass is 477 g/mol. The van der Waals surface area contributed by atoms with Gasteiger partial charge in [-0.05, 0) is 50.7 Å². The predicted octanol–water partition coefficient (Wildman–Crippen LogP) is 3.38. The molecule has 1 atom stereocenters. The van der Waals surface area contributed by atoms with E-state index >= 15 is 0 Å². The number of morpholine rings is 1. The summed E-state index contributed by atoms with van der Waals surface area (Å²) in [5, 5.41) is 12.7. The number of amides is 1. The zero-order chi connectivity index (χ0) is 22.7. The third-order valence-electron chi connectivity index (χ3n) is 6.74. The molecule has 0 aromatic carbocycles. The van der Waals surface area contributed by atoms with Gasteiger partial charge < -0.3 is 14.6 Å². The topological polar surface area (TPSA) is 72.3 Å². The van der Waals surface area contributed by atoms with Gasteiger partial charge >= 0.3 is 0 Å². The van der Waals surface area contributed by atoms with E-state index in [4.69, 9.17) is 4.74 Å². The van der Waals surface area contributed by atoms with Gasteiger partial charge in [-0.25, -0.2) is 0 Å². The number of nitrogens with zero attached hydrogens (tertiary/aromatic N) is 4. The Morgan fingerprint density at radius 3 is 2.88 bits per heavy atom. The molecule has 3 heterocycles. The van der Waals surface area contributed by atoms with Crippen molar-refractivity contribution in [2.24, 2.45) is 13.0 Å². The maximum Gasteiger partial charge on any atom is 0.230 e. The molecule has 9 heteroatoms. The van der Waals surface area contributed by atoms with Gasteiger partial charge in [-0.3, -0.25) is 9.69 Å². The summed E-state index contributed by atoms with van der Waals surface area (Å²) in [6.07, 6.45) is 4.91. The van der Waals surface area contributed by atoms with Crippen LogP contribution < -0.4 is 5.32 Å². The zero-order valence-corrected chi connectivity index (χ0v) is 21.3. The first kappa shape index (κ1) is 23.7. The second-order valence-electron chi connectivity index (χ2n) is 9.42. The minimum atomic E-state index is -0.0862. The molecule has 4 rings (SSSR count). The van der Waals surface area contributed by atoms with Gasteiger partial charge in [0, 0.05) is 37.1 Å². The molecule has 1 aliphatic heterocycles. The van der Waals surface area contributed by atoms with Gasteiger partial charge in [0.15, 0.2) is 11.0 Å². The van der Waals surface area contributed by atoms with Crippen LogP contribution in [0, 0.1) is 5.92 Å². The van der Waals surface area contributed by atoms with Crippen LogP contribution in [0.1, 0.15) is 44.1 Å². The molecular formula is C23H35N5O2S2. The van der Waals surface area contributed by atoms with E-state index in [2.05, 4.69) is 47.3 Å². The molecule has 2 aliphatic rings. The van der Waals surface area contributed by atoms with Crippen molar-refractivity contribution in [2.45, 2.75) is 57.1 Å². The van der Waals surface area contributed by atoms with Crippen LogP contribution in [0.15, 0.2) is 11.2 Å². The first-order chi connectivity index (χ1) is 15.4. The summed E-state index contributed by atoms with van der Waals surface area (Å²) in [6, 6.07) is 2.31. The van der Waals surface area contributed by atoms with Crippen LogP contribution >= 0.6 is 23.1 Å². The van der Waals surface area contributed by atoms with E-state index < -0.39 is 0 Å². The Balaban J connectivity index is 1.31. The second kappa shape index (κ2) is 10.2. The van der Waals surface area contributed by atoms with Gasteiger partial charge in [0.25, 0.3) is 0 Å². The lowest BCUT2D eigenvalue weighted by Crippen LogP contribution is -2.55. The van der Waals surface area contributed by atoms with Crippen molar-refractivity contribution in [3.8, 4) is 10.7 Å². The molecular weight excluding hydrogens is 442 g/mol. The van der Waals surface area contributed by atoms with E-state index in [0.717, 1.165) is 43.2 Å². The van der Waals surface area contributed by atoms with E-state index in [1.54, 1.807) is 0 Å². The van der Waals surface area contributed by atoms with Gasteiger partial charge in [-0.1, -0.05) is 25.1 Å². The van der Waals surface area contributed by atoms with Crippen LogP contribution in [0.5, 0.6) is 0 Å². The lowest BCUT2D eigenvalue weighted by Gasteiger charge is -2.40. The second-order valence-corrected chi connectivity index (χ2v) is 11.5. The number of aryl methyl sites for hydroxylation is 1. The minimum Gasteiger partial charge on any atom is -0.379 e. The highest BCUT2D eigenvalue weighted by molar-refractivity contribution is 7.99. The minimum absolute atomic E-state index is 0.0260. The van der Waals surface area contributed by atoms with Crippen molar-refractivity contribution in [3.63, 3.8) is 0 Å². The molecule has 1 saturated heterocycles. The Kier molecular flexibility index (Phi) is 7.59. The highest BCUT2D eigenvalue weighted by Gasteiger charge is 2.28. The zero-order valence-electron chi connectivity index (χ0n) is 19.6. The van der Waals surface area contributed by atoms with Crippen molar-refractivity contribution in [1.82, 2.24) is 25.0 Å². The number of carbonyl (C=O) groups excluding carboxylic acids is 1. The van der Waals surface area contributed by atoms with Gasteiger partial charge in [0.1, 0.15) is 0 Å². The molecule has 0 bridgehead atoms. The molecule has 0 radical (unpaired) electrons. The molecule has 0 saturated carbocycles. The SMILES string of the molecule is CCC1CCc2sc(-c3nnc(SCC(=O)NCC(C)(C)N4CCOCC4)n3C)cc2C1. The summed E-state index contributed by atoms with van der Waals surface area (Å²) in [5.41, 5.74) is 1.40. The smallest absolute Gasteiger partial charge is 0.230 e. The van der Waals surface area contributed by atoms with E-state index in [1.807, 2.05) is 23.0 Å². The van der Waals surface area contributed by atoms with Crippen molar-refractivity contribution < 1.29 is 9.53 Å². The van der Waals surface area contributed by atoms with Crippen molar-refractivity contribution in [2.75, 3.05) is 38.6 Å². The standard InChI is InChI=1S/C23H35N5O2S2/c1-5-16-6-7-18-17(12-16)13-19(32-18)21-25-26-22(27(21)4)31-14-20(29)24-15-23(2,3)28-8-10-30-11-9-28/h13,16H,5-12,14-15H2,1-4H3,(H,24,29). The van der Waals surface area contributed by atoms with E-state index in [9.17, 15) is 4.79 Å². The summed E-state index contributed by atoms with van der Waals surface area (Å²) >= 11 is 3.30. The highest BCUT2D eigenvalue weighted by Crippen LogP contribution is 2.38. The van der Waals surface area contributed by atoms with Crippen molar-refractivity contribution in [1.29, 1.82) is 0 Å². The first-order valence-corrected chi connectivity index (χ1v) is 13.4. The summed E-state index contributed by atoms with van der Waals surface area (Å²) in [4.78, 5) is 17.6. The number of hydrogen-bond donors (Lipinski definition) is 1. The molecule has 32 heavy (non-hydrogen) atoms. The summed E-state index contributed by atoms with van der Waals surface area (Å²) in [7, 11) is 1.99. The van der Waals surface area contributed by atoms with Crippen LogP contribution in [0.2, 0.25) is 0 Å². The Morgan fingerprint density at radius 1 is 1.34 bits per heavy atom. The van der Waals surface area contributed by atoms with Crippen LogP contribution in [-0.2, 0) is 29.4 Å². The first-order valence-electron chi connectivity index (χ1n) is 11.6. The van der Waals surface area contributed by atoms with Gasteiger partial charge in [-0.15, -0.1) is 21.5 Å². The van der Waals surface area contributed by atoms with Crippen LogP contribution in [0.25, 0.3) is 10.7 Å². The molecule has 1 fully saturated rings. The normalized spacial score (nSPS) is 19.7. The average molecular weight is 478 g/mol. The Morgan fingerprint density at radius 2 is 2.12 bits per heavy atom. The fourth-order valence-corrected chi connectivity index (χ4v) is 6.46. The number of rotatable bonds is 8. The summed E-state index contributed by atoms with van der Waals surface area (Å²) in [5.74, 6) is 2.07. The molecule has 0 spiro atoms. The largest absolute Gasteiger partial charge is 0.379 e. The fraction of sp³-hybridized carbons (Fsp3) is 0.696.